The molecule has 2 aliphatic heterocycles. The molecule has 0 unspecified atom stereocenters. The van der Waals surface area contributed by atoms with E-state index in [1.807, 2.05) is 0 Å². The van der Waals surface area contributed by atoms with Crippen molar-refractivity contribution in [1.29, 1.82) is 0 Å². The van der Waals surface area contributed by atoms with Gasteiger partial charge in [0.25, 0.3) is 10.0 Å². The molecular formula is C23H27F5N4O5S. The molecule has 2 aromatic rings. The number of alkyl halides is 3. The van der Waals surface area contributed by atoms with E-state index in [9.17, 15) is 40.3 Å². The van der Waals surface area contributed by atoms with Gasteiger partial charge in [0.2, 0.25) is 0 Å². The van der Waals surface area contributed by atoms with Crippen molar-refractivity contribution in [3.8, 4) is 0 Å². The van der Waals surface area contributed by atoms with E-state index < -0.39 is 75.7 Å². The zero-order valence-electron chi connectivity index (χ0n) is 20.9. The van der Waals surface area contributed by atoms with Gasteiger partial charge in [-0.2, -0.15) is 22.4 Å². The largest absolute Gasteiger partial charge is 0.465 e. The predicted molar refractivity (Wildman–Crippen MR) is 124 cm³/mol. The van der Waals surface area contributed by atoms with Crippen molar-refractivity contribution in [1.82, 2.24) is 19.0 Å². The number of carboxylic acid groups (broad SMARTS) is 1. The number of benzene rings is 1. The lowest BCUT2D eigenvalue weighted by molar-refractivity contribution is -0.277. The van der Waals surface area contributed by atoms with E-state index in [1.54, 1.807) is 0 Å². The van der Waals surface area contributed by atoms with E-state index in [1.165, 1.54) is 31.9 Å². The summed E-state index contributed by atoms with van der Waals surface area (Å²) in [5.74, 6) is -1.95. The first-order valence-electron chi connectivity index (χ1n) is 11.6. The first kappa shape index (κ1) is 28.2. The van der Waals surface area contributed by atoms with Crippen molar-refractivity contribution < 1.29 is 45.0 Å². The van der Waals surface area contributed by atoms with E-state index in [-0.39, 0.29) is 18.8 Å². The maximum atomic E-state index is 14.8. The Morgan fingerprint density at radius 1 is 1.18 bits per heavy atom. The van der Waals surface area contributed by atoms with Crippen LogP contribution in [0, 0.1) is 11.6 Å². The van der Waals surface area contributed by atoms with Crippen LogP contribution >= 0.6 is 0 Å². The summed E-state index contributed by atoms with van der Waals surface area (Å²) < 4.78 is 102. The van der Waals surface area contributed by atoms with Crippen LogP contribution in [0.25, 0.3) is 0 Å². The third kappa shape index (κ3) is 5.36. The lowest BCUT2D eigenvalue weighted by Crippen LogP contribution is -2.63. The summed E-state index contributed by atoms with van der Waals surface area (Å²) in [5, 5.41) is 14.0. The van der Waals surface area contributed by atoms with Crippen LogP contribution < -0.4 is 0 Å². The van der Waals surface area contributed by atoms with Crippen molar-refractivity contribution in [3.63, 3.8) is 0 Å². The Balaban J connectivity index is 1.78. The molecule has 0 spiro atoms. The smallest absolute Gasteiger partial charge is 0.416 e. The Bertz CT molecular complexity index is 1320. The summed E-state index contributed by atoms with van der Waals surface area (Å²) in [4.78, 5) is 14.6. The van der Waals surface area contributed by atoms with Crippen LogP contribution in [0.1, 0.15) is 50.1 Å². The highest BCUT2D eigenvalue weighted by Gasteiger charge is 2.57. The van der Waals surface area contributed by atoms with Crippen molar-refractivity contribution in [2.75, 3.05) is 6.26 Å². The molecule has 1 aromatic carbocycles. The van der Waals surface area contributed by atoms with Gasteiger partial charge >= 0.3 is 12.3 Å². The molecule has 38 heavy (non-hydrogen) atoms. The SMILES string of the molecule is CC(C)(C)N(C(=O)O)[C@H]1C[C@@H](N2Cc3cn(S(C)(=O)=O)nc3C2)[C@@H](C(F)(F)F)O[C@@H]1c1cc(F)ccc1F. The van der Waals surface area contributed by atoms with Crippen LogP contribution in [0.2, 0.25) is 0 Å². The summed E-state index contributed by atoms with van der Waals surface area (Å²) >= 11 is 0. The number of halogens is 5. The van der Waals surface area contributed by atoms with Crippen molar-refractivity contribution >= 4 is 16.1 Å². The van der Waals surface area contributed by atoms with Crippen molar-refractivity contribution in [2.24, 2.45) is 0 Å². The van der Waals surface area contributed by atoms with E-state index >= 15 is 0 Å². The fourth-order valence-electron chi connectivity index (χ4n) is 5.21. The molecule has 1 amide bonds. The second kappa shape index (κ2) is 9.45. The van der Waals surface area contributed by atoms with Gasteiger partial charge in [-0.25, -0.2) is 22.0 Å². The molecule has 1 N–H and O–H groups in total. The Kier molecular flexibility index (Phi) is 7.02. The number of rotatable bonds is 4. The van der Waals surface area contributed by atoms with Gasteiger partial charge in [0.1, 0.15) is 17.7 Å². The number of fused-ring (bicyclic) bond motifs is 1. The molecule has 4 atom stereocenters. The minimum atomic E-state index is -4.94. The third-order valence-corrected chi connectivity index (χ3v) is 7.58. The zero-order chi connectivity index (χ0) is 28.4. The zero-order valence-corrected chi connectivity index (χ0v) is 21.7. The number of nitrogens with zero attached hydrogens (tertiary/aromatic N) is 4. The second-order valence-corrected chi connectivity index (χ2v) is 12.4. The Labute approximate surface area is 215 Å². The molecule has 1 saturated heterocycles. The monoisotopic (exact) mass is 566 g/mol. The molecule has 9 nitrogen and oxygen atoms in total. The van der Waals surface area contributed by atoms with Gasteiger partial charge in [-0.05, 0) is 45.4 Å². The number of hydrogen-bond acceptors (Lipinski definition) is 6. The summed E-state index contributed by atoms with van der Waals surface area (Å²) in [7, 11) is -3.70. The first-order chi connectivity index (χ1) is 17.4. The van der Waals surface area contributed by atoms with Gasteiger partial charge in [-0.1, -0.05) is 0 Å². The Morgan fingerprint density at radius 3 is 2.37 bits per heavy atom. The Morgan fingerprint density at radius 2 is 1.84 bits per heavy atom. The van der Waals surface area contributed by atoms with Crippen LogP contribution in [0.5, 0.6) is 0 Å². The highest BCUT2D eigenvalue weighted by molar-refractivity contribution is 7.89. The number of aromatic nitrogens is 2. The van der Waals surface area contributed by atoms with Gasteiger partial charge in [-0.15, -0.1) is 0 Å². The molecule has 3 heterocycles. The summed E-state index contributed by atoms with van der Waals surface area (Å²) in [5.41, 5.74) is -0.997. The van der Waals surface area contributed by atoms with Crippen LogP contribution in [-0.2, 0) is 27.8 Å². The number of hydrogen-bond donors (Lipinski definition) is 1. The van der Waals surface area contributed by atoms with Gasteiger partial charge in [-0.3, -0.25) is 9.80 Å². The quantitative estimate of drug-likeness (QED) is 0.560. The van der Waals surface area contributed by atoms with Gasteiger partial charge < -0.3 is 9.84 Å². The van der Waals surface area contributed by atoms with Gasteiger partial charge in [0.05, 0.1) is 18.0 Å². The average molecular weight is 567 g/mol. The molecule has 0 saturated carbocycles. The molecule has 2 aliphatic rings. The summed E-state index contributed by atoms with van der Waals surface area (Å²) in [6.07, 6.45) is -8.92. The van der Waals surface area contributed by atoms with Crippen molar-refractivity contribution in [2.45, 2.75) is 76.3 Å². The summed E-state index contributed by atoms with van der Waals surface area (Å²) in [6, 6.07) is -0.490. The molecule has 0 radical (unpaired) electrons. The average Bonchev–Trinajstić information content (AvgIpc) is 3.33. The van der Waals surface area contributed by atoms with E-state index in [0.29, 0.717) is 11.6 Å². The second-order valence-electron chi connectivity index (χ2n) is 10.5. The number of amides is 1. The topological polar surface area (TPSA) is 105 Å². The minimum Gasteiger partial charge on any atom is -0.465 e. The van der Waals surface area contributed by atoms with E-state index in [4.69, 9.17) is 4.74 Å². The fraction of sp³-hybridized carbons (Fsp3) is 0.565. The maximum Gasteiger partial charge on any atom is 0.416 e. The lowest BCUT2D eigenvalue weighted by Gasteiger charge is -2.51. The van der Waals surface area contributed by atoms with Crippen LogP contribution in [0.4, 0.5) is 26.7 Å². The molecule has 210 valence electrons. The maximum absolute atomic E-state index is 14.8. The number of carbonyl (C=O) groups is 1. The van der Waals surface area contributed by atoms with Crippen molar-refractivity contribution in [3.05, 3.63) is 52.9 Å². The molecule has 15 heteroatoms. The highest BCUT2D eigenvalue weighted by atomic mass is 32.2. The molecular weight excluding hydrogens is 539 g/mol. The minimum absolute atomic E-state index is 0.0975. The number of ether oxygens (including phenoxy) is 1. The predicted octanol–water partition coefficient (Wildman–Crippen LogP) is 3.89. The highest BCUT2D eigenvalue weighted by Crippen LogP contribution is 2.45. The van der Waals surface area contributed by atoms with E-state index in [0.717, 1.165) is 27.4 Å². The van der Waals surface area contributed by atoms with E-state index in [2.05, 4.69) is 5.10 Å². The molecule has 4 rings (SSSR count). The molecule has 1 aromatic heterocycles. The normalized spacial score (nSPS) is 24.9. The Hall–Kier alpha value is -2.78. The molecule has 0 bridgehead atoms. The van der Waals surface area contributed by atoms with Gasteiger partial charge in [0.15, 0.2) is 6.10 Å². The fourth-order valence-corrected chi connectivity index (χ4v) is 5.77. The molecule has 1 fully saturated rings. The third-order valence-electron chi connectivity index (χ3n) is 6.71. The first-order valence-corrected chi connectivity index (χ1v) is 13.4. The van der Waals surface area contributed by atoms with Crippen LogP contribution in [-0.4, -0.2) is 74.8 Å². The standard InChI is InChI=1S/C23H27F5N4O5S/c1-22(2,3)32(21(33)34)17-8-18(30-9-12-10-31(38(4,35)36)29-16(12)11-30)20(23(26,27)28)37-19(17)14-7-13(24)5-6-15(14)25/h5-7,10,17-20H,8-9,11H2,1-4H3,(H,33,34)/t17-,18+,19+,20-/m0/s1. The van der Waals surface area contributed by atoms with Crippen LogP contribution in [0.3, 0.4) is 0 Å². The van der Waals surface area contributed by atoms with Crippen LogP contribution in [0.15, 0.2) is 24.4 Å². The summed E-state index contributed by atoms with van der Waals surface area (Å²) in [6.45, 7) is 4.35. The lowest BCUT2D eigenvalue weighted by atomic mass is 9.85. The molecule has 0 aliphatic carbocycles. The van der Waals surface area contributed by atoms with Gasteiger partial charge in [0, 0.05) is 42.0 Å².